The van der Waals surface area contributed by atoms with Crippen LogP contribution in [0.25, 0.3) is 0 Å². The molecule has 10 heteroatoms. The highest BCUT2D eigenvalue weighted by Gasteiger charge is 2.34. The van der Waals surface area contributed by atoms with E-state index in [-0.39, 0.29) is 36.0 Å². The Hall–Kier alpha value is -5.64. The number of imide groups is 1. The van der Waals surface area contributed by atoms with Gasteiger partial charge in [0.25, 0.3) is 5.91 Å². The van der Waals surface area contributed by atoms with Crippen molar-refractivity contribution in [3.05, 3.63) is 125 Å². The first-order chi connectivity index (χ1) is 27.8. The van der Waals surface area contributed by atoms with Crippen LogP contribution in [0.3, 0.4) is 0 Å². The molecule has 1 unspecified atom stereocenters. The Kier molecular flexibility index (Phi) is 11.6. The fourth-order valence-corrected chi connectivity index (χ4v) is 9.37. The number of carbonyl (C=O) groups excluding carboxylic acids is 4. The van der Waals surface area contributed by atoms with Crippen LogP contribution in [-0.4, -0.2) is 72.5 Å². The lowest BCUT2D eigenvalue weighted by molar-refractivity contribution is -0.138. The van der Waals surface area contributed by atoms with Crippen molar-refractivity contribution in [2.45, 2.75) is 75.7 Å². The Balaban J connectivity index is 0.768. The van der Waals surface area contributed by atoms with E-state index in [0.29, 0.717) is 36.2 Å². The summed E-state index contributed by atoms with van der Waals surface area (Å²) in [4.78, 5) is 54.0. The number of fused-ring (bicyclic) bond motifs is 1. The van der Waals surface area contributed by atoms with Crippen molar-refractivity contribution in [3.8, 4) is 11.5 Å². The van der Waals surface area contributed by atoms with E-state index in [1.807, 2.05) is 24.3 Å². The Morgan fingerprint density at radius 3 is 2.23 bits per heavy atom. The molecule has 4 aliphatic rings. The first-order valence-corrected chi connectivity index (χ1v) is 20.7. The minimum atomic E-state index is -0.708. The number of phenols is 1. The minimum Gasteiger partial charge on any atom is -0.508 e. The van der Waals surface area contributed by atoms with Crippen molar-refractivity contribution in [1.82, 2.24) is 15.5 Å². The summed E-state index contributed by atoms with van der Waals surface area (Å²) in [6.07, 6.45) is 7.05. The number of nitrogens with one attached hydrogen (secondary N) is 2. The zero-order valence-electron chi connectivity index (χ0n) is 32.4. The second-order valence-corrected chi connectivity index (χ2v) is 16.2. The van der Waals surface area contributed by atoms with Crippen molar-refractivity contribution in [3.63, 3.8) is 0 Å². The number of aryl methyl sites for hydroxylation is 1. The highest BCUT2D eigenvalue weighted by atomic mass is 16.5. The first kappa shape index (κ1) is 38.2. The lowest BCUT2D eigenvalue weighted by Gasteiger charge is -2.38. The number of nitrogens with zero attached hydrogens (tertiary/aromatic N) is 2. The van der Waals surface area contributed by atoms with Gasteiger partial charge in [0.2, 0.25) is 17.7 Å². The third kappa shape index (κ3) is 8.85. The Bertz CT molecular complexity index is 2050. The number of hydrogen-bond acceptors (Lipinski definition) is 7. The van der Waals surface area contributed by atoms with Crippen LogP contribution in [0.4, 0.5) is 5.69 Å². The van der Waals surface area contributed by atoms with Crippen LogP contribution in [0.1, 0.15) is 95.8 Å². The smallest absolute Gasteiger partial charge is 0.251 e. The molecule has 3 heterocycles. The number of hydrogen-bond donors (Lipinski definition) is 3. The van der Waals surface area contributed by atoms with Gasteiger partial charge in [0.1, 0.15) is 17.5 Å². The fourth-order valence-electron chi connectivity index (χ4n) is 9.37. The summed E-state index contributed by atoms with van der Waals surface area (Å²) >= 11 is 0. The zero-order chi connectivity index (χ0) is 39.3. The lowest BCUT2D eigenvalue weighted by Crippen LogP contribution is -2.52. The third-order valence-electron chi connectivity index (χ3n) is 12.7. The second kappa shape index (κ2) is 17.2. The predicted octanol–water partition coefficient (Wildman–Crippen LogP) is 6.71. The quantitative estimate of drug-likeness (QED) is 0.153. The molecule has 0 spiro atoms. The Morgan fingerprint density at radius 2 is 1.51 bits per heavy atom. The van der Waals surface area contributed by atoms with E-state index in [2.05, 4.69) is 81.1 Å². The maximum Gasteiger partial charge on any atom is 0.251 e. The molecule has 1 aliphatic carbocycles. The molecule has 4 amide bonds. The average molecular weight is 769 g/mol. The molecule has 296 valence electrons. The molecule has 3 saturated heterocycles. The maximum absolute atomic E-state index is 13.5. The summed E-state index contributed by atoms with van der Waals surface area (Å²) < 4.78 is 6.26. The molecule has 8 rings (SSSR count). The highest BCUT2D eigenvalue weighted by Crippen LogP contribution is 2.47. The van der Waals surface area contributed by atoms with Gasteiger partial charge >= 0.3 is 0 Å². The standard InChI is InChI=1S/C47H52N4O6/c52-38-13-17-41-36(30-38)10-16-40(32-4-2-1-3-5-32)44(41)33-8-14-39(15-9-33)57-29-24-31-20-25-51(26-21-31)47(56)35-22-27-50(28-23-35)37-11-6-34(7-12-37)45(54)48-42-18-19-43(53)49-46(42)55/h1-9,11-15,17,30-31,35,40,42,44,52H,10,16,18-29H2,(H,48,54)(H,49,53,55)/t40-,42?,44+/m1/s1. The maximum atomic E-state index is 13.5. The Morgan fingerprint density at radius 1 is 0.772 bits per heavy atom. The summed E-state index contributed by atoms with van der Waals surface area (Å²) in [5.41, 5.74) is 6.59. The molecule has 10 nitrogen and oxygen atoms in total. The number of amides is 4. The first-order valence-electron chi connectivity index (χ1n) is 20.7. The van der Waals surface area contributed by atoms with E-state index in [9.17, 15) is 24.3 Å². The number of aromatic hydroxyl groups is 1. The van der Waals surface area contributed by atoms with Crippen LogP contribution >= 0.6 is 0 Å². The van der Waals surface area contributed by atoms with Gasteiger partial charge in [-0.15, -0.1) is 0 Å². The molecule has 4 aromatic carbocycles. The van der Waals surface area contributed by atoms with Crippen LogP contribution in [0.2, 0.25) is 0 Å². The van der Waals surface area contributed by atoms with Gasteiger partial charge in [0.05, 0.1) is 6.61 Å². The molecule has 3 aliphatic heterocycles. The molecule has 0 bridgehead atoms. The van der Waals surface area contributed by atoms with E-state index in [0.717, 1.165) is 82.6 Å². The van der Waals surface area contributed by atoms with Crippen molar-refractivity contribution in [2.24, 2.45) is 11.8 Å². The van der Waals surface area contributed by atoms with Gasteiger partial charge in [-0.3, -0.25) is 24.5 Å². The molecule has 57 heavy (non-hydrogen) atoms. The Labute approximate surface area is 334 Å². The minimum absolute atomic E-state index is 0.0277. The van der Waals surface area contributed by atoms with Crippen molar-refractivity contribution in [2.75, 3.05) is 37.7 Å². The number of carbonyl (C=O) groups is 4. The third-order valence-corrected chi connectivity index (χ3v) is 12.7. The number of phenolic OH excluding ortho intramolecular Hbond substituents is 1. The molecular weight excluding hydrogens is 717 g/mol. The summed E-state index contributed by atoms with van der Waals surface area (Å²) in [5, 5.41) is 15.2. The van der Waals surface area contributed by atoms with Crippen LogP contribution in [0.5, 0.6) is 11.5 Å². The average Bonchev–Trinajstić information content (AvgIpc) is 3.25. The molecular formula is C47H52N4O6. The van der Waals surface area contributed by atoms with Crippen LogP contribution in [-0.2, 0) is 20.8 Å². The molecule has 3 N–H and O–H groups in total. The normalized spacial score (nSPS) is 21.7. The van der Waals surface area contributed by atoms with Crippen molar-refractivity contribution >= 4 is 29.3 Å². The highest BCUT2D eigenvalue weighted by molar-refractivity contribution is 6.03. The second-order valence-electron chi connectivity index (χ2n) is 16.2. The topological polar surface area (TPSA) is 128 Å². The monoisotopic (exact) mass is 768 g/mol. The number of anilines is 1. The number of ether oxygens (including phenoxy) is 1. The number of rotatable bonds is 10. The van der Waals surface area contributed by atoms with Crippen LogP contribution in [0, 0.1) is 11.8 Å². The molecule has 4 aromatic rings. The largest absolute Gasteiger partial charge is 0.508 e. The van der Waals surface area contributed by atoms with Gasteiger partial charge < -0.3 is 25.0 Å². The van der Waals surface area contributed by atoms with Crippen molar-refractivity contribution < 1.29 is 29.0 Å². The zero-order valence-corrected chi connectivity index (χ0v) is 32.4. The van der Waals surface area contributed by atoms with Gasteiger partial charge in [-0.1, -0.05) is 48.5 Å². The summed E-state index contributed by atoms with van der Waals surface area (Å²) in [7, 11) is 0. The van der Waals surface area contributed by atoms with Gasteiger partial charge in [0.15, 0.2) is 0 Å². The van der Waals surface area contributed by atoms with Crippen LogP contribution < -0.4 is 20.3 Å². The SMILES string of the molecule is O=C1CCC(NC(=O)c2ccc(N3CCC(C(=O)N4CCC(CCOc5ccc([C@@H]6c7ccc(O)cc7CC[C@@H]6c6ccccc6)cc5)CC4)CC3)cc2)C(=O)N1. The van der Waals surface area contributed by atoms with Crippen LogP contribution in [0.15, 0.2) is 97.1 Å². The van der Waals surface area contributed by atoms with E-state index < -0.39 is 11.9 Å². The summed E-state index contributed by atoms with van der Waals surface area (Å²) in [6, 6.07) is 31.8. The molecule has 3 fully saturated rings. The number of piperidine rings is 3. The molecule has 3 atom stereocenters. The van der Waals surface area contributed by atoms with Gasteiger partial charge in [-0.25, -0.2) is 0 Å². The molecule has 0 saturated carbocycles. The van der Waals surface area contributed by atoms with Gasteiger partial charge in [-0.2, -0.15) is 0 Å². The fraction of sp³-hybridized carbons (Fsp3) is 0.404. The van der Waals surface area contributed by atoms with E-state index in [4.69, 9.17) is 4.74 Å². The van der Waals surface area contributed by atoms with E-state index >= 15 is 0 Å². The molecule has 0 radical (unpaired) electrons. The summed E-state index contributed by atoms with van der Waals surface area (Å²) in [6.45, 7) is 3.80. The number of benzene rings is 4. The lowest BCUT2D eigenvalue weighted by atomic mass is 9.69. The van der Waals surface area contributed by atoms with Gasteiger partial charge in [0, 0.05) is 55.7 Å². The number of likely N-dealkylation sites (tertiary alicyclic amines) is 1. The summed E-state index contributed by atoms with van der Waals surface area (Å²) in [5.74, 6) is 1.49. The molecule has 0 aromatic heterocycles. The van der Waals surface area contributed by atoms with Gasteiger partial charge in [-0.05, 0) is 134 Å². The van der Waals surface area contributed by atoms with E-state index in [1.165, 1.54) is 22.3 Å². The van der Waals surface area contributed by atoms with Crippen molar-refractivity contribution in [1.29, 1.82) is 0 Å². The van der Waals surface area contributed by atoms with E-state index in [1.54, 1.807) is 12.1 Å². The predicted molar refractivity (Wildman–Crippen MR) is 218 cm³/mol.